The second kappa shape index (κ2) is 12.5. The largest absolute Gasteiger partial charge is 0.497 e. The number of benzene rings is 1. The van der Waals surface area contributed by atoms with Gasteiger partial charge >= 0.3 is 6.09 Å². The Balaban J connectivity index is 1.56. The summed E-state index contributed by atoms with van der Waals surface area (Å²) in [4.78, 5) is 45.2. The van der Waals surface area contributed by atoms with E-state index in [1.807, 2.05) is 20.8 Å². The van der Waals surface area contributed by atoms with Crippen molar-refractivity contribution in [1.29, 1.82) is 0 Å². The molecule has 3 aliphatic rings. The molecule has 11 heteroatoms. The van der Waals surface area contributed by atoms with E-state index in [4.69, 9.17) is 14.2 Å². The van der Waals surface area contributed by atoms with E-state index in [0.29, 0.717) is 42.2 Å². The molecule has 44 heavy (non-hydrogen) atoms. The van der Waals surface area contributed by atoms with Crippen LogP contribution in [0.25, 0.3) is 10.9 Å². The van der Waals surface area contributed by atoms with E-state index in [1.165, 1.54) is 18.1 Å². The van der Waals surface area contributed by atoms with Crippen LogP contribution in [0, 0.1) is 17.3 Å². The first-order valence-corrected chi connectivity index (χ1v) is 15.6. The number of hydrogen-bond acceptors (Lipinski definition) is 7. The highest BCUT2D eigenvalue weighted by Crippen LogP contribution is 2.42. The first-order chi connectivity index (χ1) is 20.8. The lowest BCUT2D eigenvalue weighted by molar-refractivity contribution is -0.139. The van der Waals surface area contributed by atoms with Gasteiger partial charge in [0.25, 0.3) is 5.92 Å². The summed E-state index contributed by atoms with van der Waals surface area (Å²) in [7, 11) is 1.52. The molecule has 3 heterocycles. The molecule has 0 radical (unpaired) electrons. The third-order valence-electron chi connectivity index (χ3n) is 9.43. The SMILES string of the molecule is COc1ccc2nc3c(cc2c1)O[C@H]1CN(C(=O)[C@H](C(C)(C)C)NC(=O)O[C@@H]2CCC[C@H]2CCCCC3(F)F)[C@H](C=O)[C@@H]1C. The van der Waals surface area contributed by atoms with Crippen LogP contribution >= 0.6 is 0 Å². The number of aldehydes is 1. The lowest BCUT2D eigenvalue weighted by atomic mass is 9.85. The van der Waals surface area contributed by atoms with E-state index in [0.717, 1.165) is 12.8 Å². The molecule has 1 aliphatic carbocycles. The number of nitrogens with zero attached hydrogens (tertiary/aromatic N) is 2. The van der Waals surface area contributed by atoms with E-state index in [-0.39, 0.29) is 30.7 Å². The van der Waals surface area contributed by atoms with Crippen molar-refractivity contribution >= 4 is 29.2 Å². The predicted octanol–water partition coefficient (Wildman–Crippen LogP) is 6.01. The molecule has 6 atom stereocenters. The number of aromatic nitrogens is 1. The number of rotatable bonds is 2. The van der Waals surface area contributed by atoms with Gasteiger partial charge in [-0.3, -0.25) is 4.79 Å². The normalized spacial score (nSPS) is 29.8. The van der Waals surface area contributed by atoms with Gasteiger partial charge in [-0.2, -0.15) is 8.78 Å². The van der Waals surface area contributed by atoms with Crippen molar-refractivity contribution in [3.63, 3.8) is 0 Å². The Bertz CT molecular complexity index is 1400. The summed E-state index contributed by atoms with van der Waals surface area (Å²) in [5.74, 6) is -3.75. The molecule has 9 nitrogen and oxygen atoms in total. The minimum Gasteiger partial charge on any atom is -0.497 e. The number of methoxy groups -OCH3 is 1. The van der Waals surface area contributed by atoms with Crippen molar-refractivity contribution in [1.82, 2.24) is 15.2 Å². The molecule has 2 bridgehead atoms. The Morgan fingerprint density at radius 2 is 1.82 bits per heavy atom. The number of hydrogen-bond donors (Lipinski definition) is 1. The lowest BCUT2D eigenvalue weighted by Crippen LogP contribution is -2.56. The summed E-state index contributed by atoms with van der Waals surface area (Å²) < 4.78 is 49.4. The van der Waals surface area contributed by atoms with E-state index in [2.05, 4.69) is 10.3 Å². The van der Waals surface area contributed by atoms with Gasteiger partial charge < -0.3 is 29.2 Å². The number of nitrogens with one attached hydrogen (secondary N) is 1. The molecule has 2 aromatic rings. The summed E-state index contributed by atoms with van der Waals surface area (Å²) in [5, 5.41) is 3.36. The molecule has 0 spiro atoms. The van der Waals surface area contributed by atoms with Crippen LogP contribution in [0.15, 0.2) is 24.3 Å². The second-order valence-electron chi connectivity index (χ2n) is 13.6. The number of alkyl carbamates (subject to hydrolysis) is 1. The zero-order valence-electron chi connectivity index (χ0n) is 26.1. The first kappa shape index (κ1) is 31.9. The molecule has 5 rings (SSSR count). The van der Waals surface area contributed by atoms with Crippen LogP contribution in [0.3, 0.4) is 0 Å². The van der Waals surface area contributed by atoms with Crippen LogP contribution in [0.1, 0.15) is 78.3 Å². The molecule has 1 saturated carbocycles. The molecular weight excluding hydrogens is 572 g/mol. The maximum Gasteiger partial charge on any atom is 0.408 e. The maximum absolute atomic E-state index is 16.0. The molecule has 2 fully saturated rings. The van der Waals surface area contributed by atoms with Gasteiger partial charge in [0.15, 0.2) is 5.69 Å². The molecule has 1 aromatic carbocycles. The average Bonchev–Trinajstić information content (AvgIpc) is 3.54. The Morgan fingerprint density at radius 3 is 2.52 bits per heavy atom. The number of amides is 2. The van der Waals surface area contributed by atoms with Gasteiger partial charge in [-0.25, -0.2) is 9.78 Å². The molecule has 1 aromatic heterocycles. The quantitative estimate of drug-likeness (QED) is 0.412. The monoisotopic (exact) mass is 615 g/mol. The van der Waals surface area contributed by atoms with Crippen molar-refractivity contribution < 1.29 is 37.4 Å². The highest BCUT2D eigenvalue weighted by Gasteiger charge is 2.48. The molecular formula is C33H43F2N3O6. The molecule has 0 unspecified atom stereocenters. The minimum atomic E-state index is -3.29. The van der Waals surface area contributed by atoms with E-state index >= 15 is 8.78 Å². The number of fused-ring (bicyclic) bond motifs is 5. The van der Waals surface area contributed by atoms with Gasteiger partial charge in [0.05, 0.1) is 25.2 Å². The number of pyridine rings is 1. The zero-order valence-corrected chi connectivity index (χ0v) is 26.1. The number of carbonyl (C=O) groups is 3. The van der Waals surface area contributed by atoms with Crippen LogP contribution < -0.4 is 14.8 Å². The third kappa shape index (κ3) is 6.47. The third-order valence-corrected chi connectivity index (χ3v) is 9.43. The Hall–Kier alpha value is -3.50. The summed E-state index contributed by atoms with van der Waals surface area (Å²) in [6, 6.07) is 4.68. The zero-order chi connectivity index (χ0) is 31.8. The van der Waals surface area contributed by atoms with Crippen LogP contribution in [0.2, 0.25) is 0 Å². The van der Waals surface area contributed by atoms with Crippen molar-refractivity contribution in [3.05, 3.63) is 30.0 Å². The number of alkyl halides is 2. The van der Waals surface area contributed by atoms with Gasteiger partial charge in [0, 0.05) is 17.7 Å². The van der Waals surface area contributed by atoms with Gasteiger partial charge in [0.2, 0.25) is 5.91 Å². The highest BCUT2D eigenvalue weighted by atomic mass is 19.3. The van der Waals surface area contributed by atoms with Gasteiger partial charge in [-0.1, -0.05) is 34.1 Å². The Morgan fingerprint density at radius 1 is 1.07 bits per heavy atom. The summed E-state index contributed by atoms with van der Waals surface area (Å²) >= 11 is 0. The Kier molecular flexibility index (Phi) is 9.05. The number of halogens is 2. The highest BCUT2D eigenvalue weighted by molar-refractivity contribution is 5.89. The van der Waals surface area contributed by atoms with Crippen LogP contribution in [-0.4, -0.2) is 66.1 Å². The van der Waals surface area contributed by atoms with Crippen molar-refractivity contribution in [3.8, 4) is 11.5 Å². The fraction of sp³-hybridized carbons (Fsp3) is 0.636. The van der Waals surface area contributed by atoms with Crippen molar-refractivity contribution in [2.75, 3.05) is 13.7 Å². The Labute approximate surface area is 257 Å². The minimum absolute atomic E-state index is 0.0292. The second-order valence-corrected chi connectivity index (χ2v) is 13.6. The molecule has 2 amide bonds. The van der Waals surface area contributed by atoms with Crippen LogP contribution in [0.4, 0.5) is 13.6 Å². The van der Waals surface area contributed by atoms with Crippen LogP contribution in [-0.2, 0) is 20.2 Å². The van der Waals surface area contributed by atoms with Crippen LogP contribution in [0.5, 0.6) is 11.5 Å². The standard InChI is InChI=1S/C33H43F2N3O6/c1-19-24(18-39)38-17-27(19)43-26-16-21-15-22(42-5)12-13-23(21)36-28(26)33(34,35)14-7-6-9-20-10-8-11-25(20)44-31(41)37-29(30(38)40)32(2,3)4/h12-13,15-16,18-20,24-25,27,29H,6-11,14,17H2,1-5H3,(H,37,41)/t19-,20+,24+,25+,27-,29+/m0/s1. The van der Waals surface area contributed by atoms with Gasteiger partial charge in [0.1, 0.15) is 36.0 Å². The van der Waals surface area contributed by atoms with E-state index in [9.17, 15) is 14.4 Å². The number of carbonyl (C=O) groups excluding carboxylic acids is 3. The fourth-order valence-electron chi connectivity index (χ4n) is 6.81. The summed E-state index contributed by atoms with van der Waals surface area (Å²) in [5.41, 5.74) is -0.789. The number of ether oxygens (including phenoxy) is 3. The fourth-order valence-corrected chi connectivity index (χ4v) is 6.81. The average molecular weight is 616 g/mol. The van der Waals surface area contributed by atoms with E-state index < -0.39 is 59.6 Å². The van der Waals surface area contributed by atoms with Gasteiger partial charge in [-0.05, 0) is 67.7 Å². The van der Waals surface area contributed by atoms with Crippen molar-refractivity contribution in [2.24, 2.45) is 17.3 Å². The smallest absolute Gasteiger partial charge is 0.408 e. The molecule has 240 valence electrons. The topological polar surface area (TPSA) is 107 Å². The predicted molar refractivity (Wildman–Crippen MR) is 160 cm³/mol. The molecule has 1 N–H and O–H groups in total. The molecule has 2 aliphatic heterocycles. The first-order valence-electron chi connectivity index (χ1n) is 15.6. The molecule has 1 saturated heterocycles. The van der Waals surface area contributed by atoms with Crippen molar-refractivity contribution in [2.45, 2.75) is 103 Å². The lowest BCUT2D eigenvalue weighted by Gasteiger charge is -2.35. The summed E-state index contributed by atoms with van der Waals surface area (Å²) in [6.07, 6.45) is 2.30. The maximum atomic E-state index is 16.0. The van der Waals surface area contributed by atoms with Gasteiger partial charge in [-0.15, -0.1) is 0 Å². The summed E-state index contributed by atoms with van der Waals surface area (Å²) in [6.45, 7) is 7.20. The van der Waals surface area contributed by atoms with E-state index in [1.54, 1.807) is 25.1 Å².